The van der Waals surface area contributed by atoms with Crippen molar-refractivity contribution >= 4 is 45.2 Å². The Bertz CT molecular complexity index is 90.7. The van der Waals surface area contributed by atoms with Crippen molar-refractivity contribution in [2.75, 3.05) is 0 Å². The first-order chi connectivity index (χ1) is 3.68. The smallest absolute Gasteiger partial charge is 0.000437 e. The van der Waals surface area contributed by atoms with Crippen molar-refractivity contribution in [2.24, 2.45) is 0 Å². The lowest BCUT2D eigenvalue weighted by Gasteiger charge is -1.94. The van der Waals surface area contributed by atoms with Crippen molar-refractivity contribution in [1.82, 2.24) is 0 Å². The van der Waals surface area contributed by atoms with Gasteiger partial charge in [-0.15, -0.1) is 0 Å². The molecule has 0 aliphatic rings. The molecule has 0 bridgehead atoms. The van der Waals surface area contributed by atoms with Crippen LogP contribution < -0.4 is 0 Å². The fourth-order valence-electron chi connectivity index (χ4n) is 0.392. The first-order valence-corrected chi connectivity index (χ1v) is 4.85. The zero-order valence-corrected chi connectivity index (χ0v) is 9.49. The minimum absolute atomic E-state index is 1.25. The fourth-order valence-corrected chi connectivity index (χ4v) is 1.20. The van der Waals surface area contributed by atoms with E-state index in [1.54, 1.807) is 0 Å². The first-order valence-electron chi connectivity index (χ1n) is 2.69. The molecular formula is C6H10I2. The van der Waals surface area contributed by atoms with Crippen molar-refractivity contribution in [3.05, 3.63) is 7.16 Å². The molecule has 48 valence electrons. The summed E-state index contributed by atoms with van der Waals surface area (Å²) < 4.78 is 2.94. The van der Waals surface area contributed by atoms with E-state index in [9.17, 15) is 0 Å². The largest absolute Gasteiger partial charge is 0.0650 e. The summed E-state index contributed by atoms with van der Waals surface area (Å²) in [7, 11) is 0. The van der Waals surface area contributed by atoms with E-state index in [4.69, 9.17) is 0 Å². The van der Waals surface area contributed by atoms with Crippen molar-refractivity contribution in [3.8, 4) is 0 Å². The number of hydrogen-bond donors (Lipinski definition) is 0. The maximum absolute atomic E-state index is 2.40. The Morgan fingerprint density at radius 2 is 1.88 bits per heavy atom. The molecule has 0 saturated carbocycles. The summed E-state index contributed by atoms with van der Waals surface area (Å²) in [5.74, 6) is 0. The van der Waals surface area contributed by atoms with Crippen LogP contribution in [0.25, 0.3) is 0 Å². The van der Waals surface area contributed by atoms with Crippen LogP contribution in [-0.2, 0) is 0 Å². The molecule has 0 amide bonds. The second kappa shape index (κ2) is 5.02. The van der Waals surface area contributed by atoms with Gasteiger partial charge >= 0.3 is 0 Å². The van der Waals surface area contributed by atoms with E-state index < -0.39 is 0 Å². The van der Waals surface area contributed by atoms with Crippen LogP contribution in [0.15, 0.2) is 7.16 Å². The maximum atomic E-state index is 2.40. The van der Waals surface area contributed by atoms with E-state index in [0.29, 0.717) is 0 Å². The van der Waals surface area contributed by atoms with Gasteiger partial charge in [-0.3, -0.25) is 0 Å². The third-order valence-corrected chi connectivity index (χ3v) is 3.87. The van der Waals surface area contributed by atoms with E-state index in [2.05, 4.69) is 59.0 Å². The van der Waals surface area contributed by atoms with Crippen LogP contribution in [0.4, 0.5) is 0 Å². The summed E-state index contributed by atoms with van der Waals surface area (Å²) in [6.07, 6.45) is 2.51. The predicted molar refractivity (Wildman–Crippen MR) is 55.6 cm³/mol. The lowest BCUT2D eigenvalue weighted by atomic mass is 10.3. The molecule has 0 aliphatic heterocycles. The van der Waals surface area contributed by atoms with Crippen molar-refractivity contribution < 1.29 is 0 Å². The van der Waals surface area contributed by atoms with Crippen LogP contribution in [0, 0.1) is 0 Å². The number of hydrogen-bond acceptors (Lipinski definition) is 0. The van der Waals surface area contributed by atoms with Gasteiger partial charge in [0, 0.05) is 0 Å². The summed E-state index contributed by atoms with van der Waals surface area (Å²) >= 11 is 4.77. The molecule has 0 aliphatic carbocycles. The monoisotopic (exact) mass is 336 g/mol. The van der Waals surface area contributed by atoms with Crippen LogP contribution in [0.2, 0.25) is 0 Å². The minimum Gasteiger partial charge on any atom is -0.0650 e. The highest BCUT2D eigenvalue weighted by molar-refractivity contribution is 14.1. The third kappa shape index (κ3) is 4.12. The number of rotatable bonds is 2. The van der Waals surface area contributed by atoms with Crippen LogP contribution in [0.1, 0.15) is 26.7 Å². The lowest BCUT2D eigenvalue weighted by molar-refractivity contribution is 0.951. The summed E-state index contributed by atoms with van der Waals surface area (Å²) in [5, 5.41) is 0. The molecule has 0 nitrogen and oxygen atoms in total. The van der Waals surface area contributed by atoms with Crippen molar-refractivity contribution in [3.63, 3.8) is 0 Å². The minimum atomic E-state index is 1.25. The van der Waals surface area contributed by atoms with Crippen LogP contribution in [-0.4, -0.2) is 0 Å². The zero-order chi connectivity index (χ0) is 6.57. The van der Waals surface area contributed by atoms with Crippen molar-refractivity contribution in [1.29, 1.82) is 0 Å². The van der Waals surface area contributed by atoms with Crippen molar-refractivity contribution in [2.45, 2.75) is 26.7 Å². The Labute approximate surface area is 78.4 Å². The highest BCUT2D eigenvalue weighted by Gasteiger charge is 1.90. The predicted octanol–water partition coefficient (Wildman–Crippen LogP) is 3.89. The Hall–Kier alpha value is 1.20. The van der Waals surface area contributed by atoms with Gasteiger partial charge in [0.15, 0.2) is 0 Å². The second-order valence-electron chi connectivity index (χ2n) is 1.69. The summed E-state index contributed by atoms with van der Waals surface area (Å²) in [6.45, 7) is 4.36. The Kier molecular flexibility index (Phi) is 5.78. The highest BCUT2D eigenvalue weighted by Crippen LogP contribution is 2.22. The molecule has 0 heterocycles. The summed E-state index contributed by atoms with van der Waals surface area (Å²) in [4.78, 5) is 0. The molecule has 0 atom stereocenters. The van der Waals surface area contributed by atoms with E-state index in [0.717, 1.165) is 0 Å². The zero-order valence-electron chi connectivity index (χ0n) is 5.17. The molecule has 0 radical (unpaired) electrons. The second-order valence-corrected chi connectivity index (χ2v) is 4.61. The lowest BCUT2D eigenvalue weighted by Crippen LogP contribution is -1.70. The quantitative estimate of drug-likeness (QED) is 0.672. The van der Waals surface area contributed by atoms with Gasteiger partial charge in [0.1, 0.15) is 0 Å². The first kappa shape index (κ1) is 9.20. The number of halogens is 2. The third-order valence-electron chi connectivity index (χ3n) is 0.843. The molecule has 0 spiro atoms. The van der Waals surface area contributed by atoms with Gasteiger partial charge in [0.25, 0.3) is 0 Å². The Morgan fingerprint density at radius 1 is 1.38 bits per heavy atom. The number of allylic oxidation sites excluding steroid dienone is 2. The SMILES string of the molecule is CCC/C(I)=C(/C)I. The van der Waals surface area contributed by atoms with E-state index in [1.807, 2.05) is 0 Å². The van der Waals surface area contributed by atoms with Gasteiger partial charge in [-0.25, -0.2) is 0 Å². The fraction of sp³-hybridized carbons (Fsp3) is 0.667. The van der Waals surface area contributed by atoms with Crippen LogP contribution >= 0.6 is 45.2 Å². The standard InChI is InChI=1S/C6H10I2/c1-3-4-6(8)5(2)7/h3-4H2,1-2H3/b6-5+. The van der Waals surface area contributed by atoms with Gasteiger partial charge in [-0.1, -0.05) is 13.3 Å². The summed E-state index contributed by atoms with van der Waals surface area (Å²) in [6, 6.07) is 0. The Balaban J connectivity index is 3.62. The normalized spacial score (nSPS) is 13.5. The molecule has 2 heteroatoms. The van der Waals surface area contributed by atoms with Crippen LogP contribution in [0.5, 0.6) is 0 Å². The maximum Gasteiger partial charge on any atom is -0.000437 e. The molecule has 8 heavy (non-hydrogen) atoms. The topological polar surface area (TPSA) is 0 Å². The van der Waals surface area contributed by atoms with E-state index in [1.165, 1.54) is 20.0 Å². The molecule has 0 fully saturated rings. The van der Waals surface area contributed by atoms with Gasteiger partial charge in [-0.05, 0) is 65.7 Å². The molecule has 0 aromatic heterocycles. The molecule has 0 saturated heterocycles. The molecule has 0 unspecified atom stereocenters. The molecule has 0 aromatic carbocycles. The van der Waals surface area contributed by atoms with E-state index >= 15 is 0 Å². The average molecular weight is 336 g/mol. The molecule has 0 N–H and O–H groups in total. The average Bonchev–Trinajstić information content (AvgIpc) is 1.67. The van der Waals surface area contributed by atoms with Gasteiger partial charge in [-0.2, -0.15) is 0 Å². The van der Waals surface area contributed by atoms with Crippen LogP contribution in [0.3, 0.4) is 0 Å². The van der Waals surface area contributed by atoms with Gasteiger partial charge in [0.2, 0.25) is 0 Å². The van der Waals surface area contributed by atoms with Gasteiger partial charge < -0.3 is 0 Å². The molecular weight excluding hydrogens is 326 g/mol. The summed E-state index contributed by atoms with van der Waals surface area (Å²) in [5.41, 5.74) is 0. The molecule has 0 rings (SSSR count). The van der Waals surface area contributed by atoms with Gasteiger partial charge in [0.05, 0.1) is 0 Å². The highest BCUT2D eigenvalue weighted by atomic mass is 127. The Morgan fingerprint density at radius 3 is 2.00 bits per heavy atom. The molecule has 0 aromatic rings. The van der Waals surface area contributed by atoms with E-state index in [-0.39, 0.29) is 0 Å².